The Morgan fingerprint density at radius 2 is 1.17 bits per heavy atom. The summed E-state index contributed by atoms with van der Waals surface area (Å²) >= 11 is 0. The van der Waals surface area contributed by atoms with Gasteiger partial charge in [0.05, 0.1) is 38.4 Å². The SMILES string of the molecule is CCN1CCN(CC(=O)O)CCN(CC(=O)O)CCN([C@H](CO)[C@H](O)CO)CC1. The van der Waals surface area contributed by atoms with Crippen LogP contribution in [0.1, 0.15) is 6.92 Å². The van der Waals surface area contributed by atoms with Crippen molar-refractivity contribution in [2.75, 3.05) is 85.2 Å². The second-order valence-corrected chi connectivity index (χ2v) is 7.31. The molecule has 170 valence electrons. The number of likely N-dealkylation sites (N-methyl/N-ethyl adjacent to an activating group) is 1. The van der Waals surface area contributed by atoms with Gasteiger partial charge in [-0.3, -0.25) is 24.3 Å². The third kappa shape index (κ3) is 9.81. The van der Waals surface area contributed by atoms with Crippen molar-refractivity contribution in [1.29, 1.82) is 0 Å². The fraction of sp³-hybridized carbons (Fsp3) is 0.889. The molecule has 0 bridgehead atoms. The Balaban J connectivity index is 2.96. The molecule has 0 spiro atoms. The van der Waals surface area contributed by atoms with Crippen LogP contribution in [-0.4, -0.2) is 154 Å². The van der Waals surface area contributed by atoms with E-state index < -0.39 is 30.7 Å². The fourth-order valence-corrected chi connectivity index (χ4v) is 3.50. The summed E-state index contributed by atoms with van der Waals surface area (Å²) in [5, 5.41) is 47.5. The number of hydrogen-bond acceptors (Lipinski definition) is 9. The molecule has 1 fully saturated rings. The van der Waals surface area contributed by atoms with E-state index in [-0.39, 0.29) is 19.7 Å². The van der Waals surface area contributed by atoms with Crippen LogP contribution in [0.5, 0.6) is 0 Å². The molecule has 2 atom stereocenters. The van der Waals surface area contributed by atoms with Crippen LogP contribution in [0.2, 0.25) is 0 Å². The van der Waals surface area contributed by atoms with Gasteiger partial charge in [0.15, 0.2) is 0 Å². The zero-order valence-electron chi connectivity index (χ0n) is 17.2. The molecule has 1 aliphatic rings. The molecule has 1 saturated heterocycles. The van der Waals surface area contributed by atoms with Gasteiger partial charge in [-0.15, -0.1) is 0 Å². The van der Waals surface area contributed by atoms with Gasteiger partial charge in [0, 0.05) is 52.4 Å². The first-order valence-corrected chi connectivity index (χ1v) is 10.0. The maximum absolute atomic E-state index is 11.2. The Bertz CT molecular complexity index is 497. The summed E-state index contributed by atoms with van der Waals surface area (Å²) in [4.78, 5) is 30.0. The Labute approximate surface area is 171 Å². The number of carboxylic acid groups (broad SMARTS) is 2. The van der Waals surface area contributed by atoms with Gasteiger partial charge in [-0.25, -0.2) is 0 Å². The van der Waals surface area contributed by atoms with Crippen molar-refractivity contribution >= 4 is 11.9 Å². The predicted molar refractivity (Wildman–Crippen MR) is 106 cm³/mol. The Morgan fingerprint density at radius 1 is 0.759 bits per heavy atom. The first-order chi connectivity index (χ1) is 13.8. The minimum Gasteiger partial charge on any atom is -0.480 e. The number of aliphatic hydroxyl groups excluding tert-OH is 3. The molecule has 1 heterocycles. The molecule has 0 aliphatic carbocycles. The number of rotatable bonds is 9. The van der Waals surface area contributed by atoms with Gasteiger partial charge < -0.3 is 30.4 Å². The molecule has 0 amide bonds. The molecule has 29 heavy (non-hydrogen) atoms. The summed E-state index contributed by atoms with van der Waals surface area (Å²) in [5.74, 6) is -1.89. The third-order valence-corrected chi connectivity index (χ3v) is 5.32. The average molecular weight is 421 g/mol. The summed E-state index contributed by atoms with van der Waals surface area (Å²) in [6, 6.07) is -0.642. The number of aliphatic carboxylic acids is 2. The lowest BCUT2D eigenvalue weighted by molar-refractivity contribution is -0.140. The van der Waals surface area contributed by atoms with E-state index in [1.165, 1.54) is 0 Å². The van der Waals surface area contributed by atoms with Crippen LogP contribution in [0, 0.1) is 0 Å². The zero-order chi connectivity index (χ0) is 21.8. The average Bonchev–Trinajstić information content (AvgIpc) is 2.67. The molecular weight excluding hydrogens is 384 g/mol. The Kier molecular flexibility index (Phi) is 12.2. The molecule has 0 unspecified atom stereocenters. The molecule has 0 aromatic heterocycles. The topological polar surface area (TPSA) is 148 Å². The molecule has 11 nitrogen and oxygen atoms in total. The summed E-state index contributed by atoms with van der Waals surface area (Å²) in [6.07, 6.45) is -1.10. The van der Waals surface area contributed by atoms with Crippen LogP contribution in [0.25, 0.3) is 0 Å². The first-order valence-electron chi connectivity index (χ1n) is 10.0. The van der Waals surface area contributed by atoms with E-state index in [1.54, 1.807) is 4.90 Å². The highest BCUT2D eigenvalue weighted by atomic mass is 16.4. The van der Waals surface area contributed by atoms with Crippen LogP contribution in [0.3, 0.4) is 0 Å². The highest BCUT2D eigenvalue weighted by Crippen LogP contribution is 2.08. The Morgan fingerprint density at radius 3 is 1.55 bits per heavy atom. The van der Waals surface area contributed by atoms with Crippen LogP contribution in [0.15, 0.2) is 0 Å². The van der Waals surface area contributed by atoms with E-state index in [2.05, 4.69) is 4.90 Å². The first kappa shape index (κ1) is 25.7. The number of carbonyl (C=O) groups is 2. The number of hydrogen-bond donors (Lipinski definition) is 5. The maximum Gasteiger partial charge on any atom is 0.317 e. The third-order valence-electron chi connectivity index (χ3n) is 5.32. The molecule has 0 aromatic rings. The Hall–Kier alpha value is -1.34. The lowest BCUT2D eigenvalue weighted by atomic mass is 10.1. The molecule has 5 N–H and O–H groups in total. The number of carboxylic acids is 2. The van der Waals surface area contributed by atoms with Gasteiger partial charge in [-0.2, -0.15) is 0 Å². The normalized spacial score (nSPS) is 21.8. The zero-order valence-corrected chi connectivity index (χ0v) is 17.2. The molecule has 1 aliphatic heterocycles. The van der Waals surface area contributed by atoms with E-state index in [0.29, 0.717) is 52.4 Å². The largest absolute Gasteiger partial charge is 0.480 e. The summed E-state index contributed by atoms with van der Waals surface area (Å²) in [6.45, 7) is 5.70. The smallest absolute Gasteiger partial charge is 0.317 e. The molecule has 0 aromatic carbocycles. The van der Waals surface area contributed by atoms with Crippen LogP contribution < -0.4 is 0 Å². The van der Waals surface area contributed by atoms with Crippen LogP contribution in [0.4, 0.5) is 0 Å². The van der Waals surface area contributed by atoms with Gasteiger partial charge in [0.1, 0.15) is 0 Å². The quantitative estimate of drug-likeness (QED) is 0.262. The van der Waals surface area contributed by atoms with Crippen LogP contribution >= 0.6 is 0 Å². The lowest BCUT2D eigenvalue weighted by Gasteiger charge is -2.37. The van der Waals surface area contributed by atoms with Gasteiger partial charge in [0.2, 0.25) is 0 Å². The van der Waals surface area contributed by atoms with E-state index in [0.717, 1.165) is 6.54 Å². The van der Waals surface area contributed by atoms with Crippen molar-refractivity contribution in [3.05, 3.63) is 0 Å². The molecule has 0 radical (unpaired) electrons. The predicted octanol–water partition coefficient (Wildman–Crippen LogP) is -2.89. The van der Waals surface area contributed by atoms with Gasteiger partial charge in [0.25, 0.3) is 0 Å². The highest BCUT2D eigenvalue weighted by Gasteiger charge is 2.27. The number of aliphatic hydroxyl groups is 3. The summed E-state index contributed by atoms with van der Waals surface area (Å²) in [5.41, 5.74) is 0. The molecule has 1 rings (SSSR count). The van der Waals surface area contributed by atoms with Gasteiger partial charge in [-0.1, -0.05) is 6.92 Å². The minimum atomic E-state index is -1.10. The van der Waals surface area contributed by atoms with Gasteiger partial charge >= 0.3 is 11.9 Å². The minimum absolute atomic E-state index is 0.0974. The van der Waals surface area contributed by atoms with Crippen molar-refractivity contribution in [3.63, 3.8) is 0 Å². The summed E-state index contributed by atoms with van der Waals surface area (Å²) in [7, 11) is 0. The van der Waals surface area contributed by atoms with Crippen molar-refractivity contribution in [2.45, 2.75) is 19.1 Å². The highest BCUT2D eigenvalue weighted by molar-refractivity contribution is 5.69. The second-order valence-electron chi connectivity index (χ2n) is 7.31. The van der Waals surface area contributed by atoms with Crippen molar-refractivity contribution in [2.24, 2.45) is 0 Å². The second kappa shape index (κ2) is 13.8. The van der Waals surface area contributed by atoms with E-state index in [4.69, 9.17) is 5.11 Å². The maximum atomic E-state index is 11.2. The summed E-state index contributed by atoms with van der Waals surface area (Å²) < 4.78 is 0. The van der Waals surface area contributed by atoms with E-state index >= 15 is 0 Å². The number of nitrogens with zero attached hydrogens (tertiary/aromatic N) is 4. The lowest BCUT2D eigenvalue weighted by Crippen LogP contribution is -2.54. The monoisotopic (exact) mass is 420 g/mol. The molecule has 0 saturated carbocycles. The van der Waals surface area contributed by atoms with Gasteiger partial charge in [-0.05, 0) is 6.54 Å². The standard InChI is InChI=1S/C18H36N4O7/c1-2-19-3-4-20(11-17(26)27)5-6-21(12-18(28)29)8-10-22(9-7-19)15(13-23)16(25)14-24/h15-16,23-25H,2-14H2,1H3,(H,26,27)(H,28,29)/t15-,16-/m1/s1. The van der Waals surface area contributed by atoms with Crippen molar-refractivity contribution < 1.29 is 35.1 Å². The van der Waals surface area contributed by atoms with Crippen LogP contribution in [-0.2, 0) is 9.59 Å². The van der Waals surface area contributed by atoms with E-state index in [9.17, 15) is 30.0 Å². The van der Waals surface area contributed by atoms with Crippen molar-refractivity contribution in [3.8, 4) is 0 Å². The van der Waals surface area contributed by atoms with Crippen molar-refractivity contribution in [1.82, 2.24) is 19.6 Å². The molecule has 11 heteroatoms. The fourth-order valence-electron chi connectivity index (χ4n) is 3.50. The van der Waals surface area contributed by atoms with E-state index in [1.807, 2.05) is 16.7 Å². The molecular formula is C18H36N4O7.